The Labute approximate surface area is 342 Å². The summed E-state index contributed by atoms with van der Waals surface area (Å²) in [6, 6.07) is 59.6. The topological polar surface area (TPSA) is 46.3 Å². The largest absolute Gasteiger partial charge is 0.317 e. The normalized spacial score (nSPS) is 17.2. The number of pyridine rings is 2. The Morgan fingerprint density at radius 3 is 1.88 bits per heavy atom. The van der Waals surface area contributed by atoms with Crippen molar-refractivity contribution in [2.24, 2.45) is 4.99 Å². The number of hydrogen-bond donors (Lipinski definition) is 0. The van der Waals surface area contributed by atoms with E-state index in [0.717, 1.165) is 33.9 Å². The van der Waals surface area contributed by atoms with Crippen molar-refractivity contribution in [2.75, 3.05) is 4.90 Å². The monoisotopic (exact) mass is 755 g/mol. The summed E-state index contributed by atoms with van der Waals surface area (Å²) in [4.78, 5) is 16.9. The molecule has 5 nitrogen and oxygen atoms in total. The highest BCUT2D eigenvalue weighted by Crippen LogP contribution is 2.59. The van der Waals surface area contributed by atoms with Gasteiger partial charge in [-0.15, -0.1) is 0 Å². The van der Waals surface area contributed by atoms with Crippen LogP contribution in [0.1, 0.15) is 27.8 Å². The number of fused-ring (bicyclic) bond motifs is 8. The van der Waals surface area contributed by atoms with Gasteiger partial charge in [0.1, 0.15) is 5.84 Å². The molecule has 6 aromatic carbocycles. The van der Waals surface area contributed by atoms with Gasteiger partial charge >= 0.3 is 0 Å². The zero-order chi connectivity index (χ0) is 38.9. The second-order valence-electron chi connectivity index (χ2n) is 15.5. The first-order valence-corrected chi connectivity index (χ1v) is 20.2. The van der Waals surface area contributed by atoms with Crippen molar-refractivity contribution in [2.45, 2.75) is 17.5 Å². The number of aromatic nitrogens is 3. The van der Waals surface area contributed by atoms with Gasteiger partial charge in [0.25, 0.3) is 0 Å². The fourth-order valence-corrected chi connectivity index (χ4v) is 10.1. The van der Waals surface area contributed by atoms with Crippen molar-refractivity contribution >= 4 is 33.3 Å². The lowest BCUT2D eigenvalue weighted by Crippen LogP contribution is -2.39. The standard InChI is InChI=1S/C54H37N5/c1-2-12-38(13-3-1)53-57-47-19-7-9-21-49(47)59(53)42-28-24-37(25-29-42)36-22-26-41(27-23-36)58-48-20-8-5-17-45(48)51-50(58)31-30-44-43-16-4-6-18-46(43)54(52(44)51,39-14-10-32-55-34-39)40-15-11-33-56-35-40/h1-35,47,49H. The average Bonchev–Trinajstić information content (AvgIpc) is 3.97. The number of benzene rings is 6. The molecule has 5 heteroatoms. The van der Waals surface area contributed by atoms with Crippen LogP contribution in [0.3, 0.4) is 0 Å². The van der Waals surface area contributed by atoms with Crippen LogP contribution in [0, 0.1) is 0 Å². The van der Waals surface area contributed by atoms with Gasteiger partial charge in [-0.2, -0.15) is 0 Å². The molecule has 0 radical (unpaired) electrons. The van der Waals surface area contributed by atoms with Gasteiger partial charge in [0.15, 0.2) is 0 Å². The van der Waals surface area contributed by atoms with Gasteiger partial charge in [0, 0.05) is 52.5 Å². The molecule has 2 atom stereocenters. The average molecular weight is 756 g/mol. The van der Waals surface area contributed by atoms with E-state index in [9.17, 15) is 0 Å². The third kappa shape index (κ3) is 4.95. The predicted molar refractivity (Wildman–Crippen MR) is 240 cm³/mol. The molecule has 3 aliphatic rings. The fraction of sp³-hybridized carbons (Fsp3) is 0.0556. The summed E-state index contributed by atoms with van der Waals surface area (Å²) in [5.41, 5.74) is 14.7. The summed E-state index contributed by atoms with van der Waals surface area (Å²) in [5.74, 6) is 1.01. The number of allylic oxidation sites excluding steroid dienone is 2. The predicted octanol–water partition coefficient (Wildman–Crippen LogP) is 11.7. The van der Waals surface area contributed by atoms with Gasteiger partial charge in [-0.3, -0.25) is 15.0 Å². The minimum absolute atomic E-state index is 0.0989. The first-order valence-electron chi connectivity index (χ1n) is 20.2. The number of nitrogens with zero attached hydrogens (tertiary/aromatic N) is 5. The van der Waals surface area contributed by atoms with Crippen LogP contribution in [-0.4, -0.2) is 32.5 Å². The molecule has 4 heterocycles. The van der Waals surface area contributed by atoms with E-state index in [1.807, 2.05) is 24.8 Å². The molecule has 0 spiro atoms. The second kappa shape index (κ2) is 13.2. The summed E-state index contributed by atoms with van der Waals surface area (Å²) < 4.78 is 2.43. The van der Waals surface area contributed by atoms with E-state index in [1.165, 1.54) is 55.2 Å². The van der Waals surface area contributed by atoms with Gasteiger partial charge in [0.2, 0.25) is 0 Å². The van der Waals surface area contributed by atoms with Crippen molar-refractivity contribution < 1.29 is 0 Å². The Balaban J connectivity index is 0.981. The van der Waals surface area contributed by atoms with Crippen molar-refractivity contribution in [1.29, 1.82) is 0 Å². The zero-order valence-corrected chi connectivity index (χ0v) is 32.1. The molecular weight excluding hydrogens is 719 g/mol. The summed E-state index contributed by atoms with van der Waals surface area (Å²) >= 11 is 0. The van der Waals surface area contributed by atoms with Gasteiger partial charge in [-0.1, -0.05) is 140 Å². The molecule has 0 amide bonds. The van der Waals surface area contributed by atoms with Crippen LogP contribution in [-0.2, 0) is 5.41 Å². The third-order valence-electron chi connectivity index (χ3n) is 12.5. The molecular formula is C54H37N5. The molecule has 2 unspecified atom stereocenters. The number of rotatable bonds is 6. The summed E-state index contributed by atoms with van der Waals surface area (Å²) in [6.07, 6.45) is 16.5. The SMILES string of the molecule is C1=CC2N=C(c3ccccc3)N(c3ccc(-c4ccc(-n5c6ccccc6c6c7c(ccc65)-c5ccccc5C7(c5cccnc5)c5cccnc5)cc4)cc3)C2C=C1. The maximum Gasteiger partial charge on any atom is 0.136 e. The molecule has 0 saturated heterocycles. The Morgan fingerprint density at radius 2 is 1.15 bits per heavy atom. The number of amidine groups is 1. The summed E-state index contributed by atoms with van der Waals surface area (Å²) in [7, 11) is 0. The van der Waals surface area contributed by atoms with Gasteiger partial charge in [0.05, 0.1) is 28.5 Å². The maximum atomic E-state index is 5.16. The Hall–Kier alpha value is -7.63. The van der Waals surface area contributed by atoms with Crippen LogP contribution < -0.4 is 4.90 Å². The fourth-order valence-electron chi connectivity index (χ4n) is 10.1. The van der Waals surface area contributed by atoms with E-state index in [4.69, 9.17) is 15.0 Å². The first kappa shape index (κ1) is 33.5. The smallest absolute Gasteiger partial charge is 0.136 e. The minimum atomic E-state index is -0.618. The second-order valence-corrected chi connectivity index (χ2v) is 15.5. The molecule has 0 saturated carbocycles. The van der Waals surface area contributed by atoms with E-state index in [1.54, 1.807) is 0 Å². The maximum absolute atomic E-state index is 5.16. The molecule has 12 rings (SSSR count). The van der Waals surface area contributed by atoms with Gasteiger partial charge < -0.3 is 9.47 Å². The number of para-hydroxylation sites is 1. The molecule has 0 bridgehead atoms. The molecule has 9 aromatic rings. The van der Waals surface area contributed by atoms with Crippen molar-refractivity contribution in [1.82, 2.24) is 14.5 Å². The van der Waals surface area contributed by atoms with E-state index >= 15 is 0 Å². The van der Waals surface area contributed by atoms with E-state index in [2.05, 4.69) is 198 Å². The van der Waals surface area contributed by atoms with Crippen LogP contribution in [0.25, 0.3) is 49.7 Å². The molecule has 278 valence electrons. The minimum Gasteiger partial charge on any atom is -0.317 e. The van der Waals surface area contributed by atoms with Crippen LogP contribution in [0.5, 0.6) is 0 Å². The lowest BCUT2D eigenvalue weighted by molar-refractivity contribution is 0.739. The van der Waals surface area contributed by atoms with E-state index in [0.29, 0.717) is 0 Å². The third-order valence-corrected chi connectivity index (χ3v) is 12.5. The quantitative estimate of drug-likeness (QED) is 0.170. The van der Waals surface area contributed by atoms with Crippen molar-refractivity contribution in [3.63, 3.8) is 0 Å². The Kier molecular flexibility index (Phi) is 7.51. The number of anilines is 1. The van der Waals surface area contributed by atoms with Crippen LogP contribution in [0.2, 0.25) is 0 Å². The number of aliphatic imine (C=N–C) groups is 1. The van der Waals surface area contributed by atoms with Crippen LogP contribution >= 0.6 is 0 Å². The number of hydrogen-bond acceptors (Lipinski definition) is 4. The Morgan fingerprint density at radius 1 is 0.492 bits per heavy atom. The molecule has 1 aliphatic heterocycles. The summed E-state index contributed by atoms with van der Waals surface area (Å²) in [6.45, 7) is 0. The highest BCUT2D eigenvalue weighted by atomic mass is 15.3. The molecule has 59 heavy (non-hydrogen) atoms. The van der Waals surface area contributed by atoms with Gasteiger partial charge in [-0.05, 0) is 93.0 Å². The lowest BCUT2D eigenvalue weighted by atomic mass is 9.67. The van der Waals surface area contributed by atoms with Gasteiger partial charge in [-0.25, -0.2) is 0 Å². The Bertz CT molecular complexity index is 3100. The zero-order valence-electron chi connectivity index (χ0n) is 32.1. The highest BCUT2D eigenvalue weighted by molar-refractivity contribution is 6.15. The molecule has 0 fully saturated rings. The first-order chi connectivity index (χ1) is 29.3. The van der Waals surface area contributed by atoms with Crippen molar-refractivity contribution in [3.8, 4) is 27.9 Å². The van der Waals surface area contributed by atoms with E-state index < -0.39 is 5.41 Å². The van der Waals surface area contributed by atoms with Crippen LogP contribution in [0.4, 0.5) is 5.69 Å². The molecule has 2 aliphatic carbocycles. The highest BCUT2D eigenvalue weighted by Gasteiger charge is 2.48. The molecule has 0 N–H and O–H groups in total. The van der Waals surface area contributed by atoms with Crippen molar-refractivity contribution in [3.05, 3.63) is 241 Å². The van der Waals surface area contributed by atoms with E-state index in [-0.39, 0.29) is 12.1 Å². The molecule has 3 aromatic heterocycles. The van der Waals surface area contributed by atoms with Crippen LogP contribution in [0.15, 0.2) is 218 Å². The summed E-state index contributed by atoms with van der Waals surface area (Å²) in [5, 5.41) is 2.46. The lowest BCUT2D eigenvalue weighted by Gasteiger charge is -2.33.